The lowest BCUT2D eigenvalue weighted by molar-refractivity contribution is -0.0123. The maximum Gasteiger partial charge on any atom is 0.161 e. The minimum Gasteiger partial charge on any atom is -0.507 e. The molecule has 35 heavy (non-hydrogen) atoms. The topological polar surface area (TPSA) is 75.6 Å². The van der Waals surface area contributed by atoms with Gasteiger partial charge in [0, 0.05) is 25.2 Å². The normalized spacial score (nSPS) is 16.9. The van der Waals surface area contributed by atoms with E-state index < -0.39 is 6.10 Å². The fourth-order valence-electron chi connectivity index (χ4n) is 4.28. The molecule has 7 heteroatoms. The molecule has 0 radical (unpaired) electrons. The highest BCUT2D eigenvalue weighted by Gasteiger charge is 2.36. The highest BCUT2D eigenvalue weighted by molar-refractivity contribution is 5.78. The lowest BCUT2D eigenvalue weighted by Crippen LogP contribution is -2.32. The average Bonchev–Trinajstić information content (AvgIpc) is 2.91. The lowest BCUT2D eigenvalue weighted by Gasteiger charge is -2.35. The Hall–Kier alpha value is -3.84. The van der Waals surface area contributed by atoms with Gasteiger partial charge in [0.1, 0.15) is 29.1 Å². The van der Waals surface area contributed by atoms with Gasteiger partial charge in [-0.05, 0) is 41.5 Å². The van der Waals surface area contributed by atoms with Crippen molar-refractivity contribution in [3.63, 3.8) is 0 Å². The summed E-state index contributed by atoms with van der Waals surface area (Å²) in [7, 11) is 8.05. The van der Waals surface area contributed by atoms with E-state index in [2.05, 4.69) is 0 Å². The number of hydrogen-bond donors (Lipinski definition) is 1. The van der Waals surface area contributed by atoms with E-state index in [1.165, 1.54) is 0 Å². The first kappa shape index (κ1) is 24.3. The lowest BCUT2D eigenvalue weighted by atomic mass is 9.91. The largest absolute Gasteiger partial charge is 0.507 e. The Bertz CT molecular complexity index is 1200. The molecule has 0 spiro atoms. The van der Waals surface area contributed by atoms with Crippen LogP contribution in [0, 0.1) is 0 Å². The van der Waals surface area contributed by atoms with E-state index >= 15 is 0 Å². The van der Waals surface area contributed by atoms with Crippen LogP contribution in [-0.4, -0.2) is 46.8 Å². The summed E-state index contributed by atoms with van der Waals surface area (Å²) in [6.45, 7) is 0. The maximum atomic E-state index is 10.9. The van der Waals surface area contributed by atoms with Crippen LogP contribution >= 0.6 is 0 Å². The summed E-state index contributed by atoms with van der Waals surface area (Å²) >= 11 is 0. The molecule has 1 aliphatic heterocycles. The maximum absolute atomic E-state index is 10.9. The fourth-order valence-corrected chi connectivity index (χ4v) is 4.28. The van der Waals surface area contributed by atoms with Crippen LogP contribution in [0.25, 0.3) is 12.2 Å². The summed E-state index contributed by atoms with van der Waals surface area (Å²) in [5.41, 5.74) is 3.23. The first-order valence-corrected chi connectivity index (χ1v) is 11.2. The van der Waals surface area contributed by atoms with E-state index in [0.717, 1.165) is 22.4 Å². The number of rotatable bonds is 8. The van der Waals surface area contributed by atoms with Gasteiger partial charge in [-0.3, -0.25) is 0 Å². The van der Waals surface area contributed by atoms with Crippen molar-refractivity contribution in [2.24, 2.45) is 0 Å². The molecule has 0 fully saturated rings. The number of phenols is 1. The van der Waals surface area contributed by atoms with Crippen molar-refractivity contribution in [3.05, 3.63) is 70.8 Å². The molecule has 0 saturated heterocycles. The molecule has 0 bridgehead atoms. The number of hydrogen-bond acceptors (Lipinski definition) is 7. The summed E-state index contributed by atoms with van der Waals surface area (Å²) in [5, 5.41) is 10.9. The van der Waals surface area contributed by atoms with Crippen molar-refractivity contribution < 1.29 is 33.5 Å². The molecule has 0 amide bonds. The quantitative estimate of drug-likeness (QED) is 0.441. The van der Waals surface area contributed by atoms with Gasteiger partial charge in [-0.15, -0.1) is 0 Å². The summed E-state index contributed by atoms with van der Waals surface area (Å²) < 4.78 is 34.0. The van der Waals surface area contributed by atoms with Crippen molar-refractivity contribution in [2.45, 2.75) is 18.6 Å². The molecule has 3 aromatic carbocycles. The Morgan fingerprint density at radius 1 is 0.800 bits per heavy atom. The van der Waals surface area contributed by atoms with Crippen LogP contribution in [-0.2, 0) is 11.2 Å². The highest BCUT2D eigenvalue weighted by Crippen LogP contribution is 2.47. The molecule has 4 rings (SSSR count). The van der Waals surface area contributed by atoms with Crippen molar-refractivity contribution in [2.75, 3.05) is 35.5 Å². The van der Waals surface area contributed by atoms with Gasteiger partial charge in [0.2, 0.25) is 0 Å². The Morgan fingerprint density at radius 2 is 1.51 bits per heavy atom. The number of benzene rings is 3. The monoisotopic (exact) mass is 478 g/mol. The van der Waals surface area contributed by atoms with Gasteiger partial charge >= 0.3 is 0 Å². The molecule has 1 heterocycles. The standard InChI is InChI=1S/C28H30O7/c1-30-19-10-6-17(7-11-19)8-12-20-22(29)16-24(32-3)21-15-26(34-5)27(35-28(20)21)18-9-13-23(31-2)25(14-18)33-4/h6-14,16,26-27,29H,15H2,1-5H3/b12-8+. The van der Waals surface area contributed by atoms with E-state index in [9.17, 15) is 5.11 Å². The van der Waals surface area contributed by atoms with Crippen LogP contribution < -0.4 is 23.7 Å². The van der Waals surface area contributed by atoms with Gasteiger partial charge < -0.3 is 33.5 Å². The minimum absolute atomic E-state index is 0.0623. The SMILES string of the molecule is COc1ccc(/C=C/c2c(O)cc(OC)c3c2OC(c2ccc(OC)c(OC)c2)C(OC)C3)cc1. The second-order valence-electron chi connectivity index (χ2n) is 8.06. The van der Waals surface area contributed by atoms with Crippen molar-refractivity contribution in [1.82, 2.24) is 0 Å². The predicted octanol–water partition coefficient (Wildman–Crippen LogP) is 5.29. The van der Waals surface area contributed by atoms with Crippen LogP contribution in [0.5, 0.6) is 34.5 Å². The molecule has 2 atom stereocenters. The predicted molar refractivity (Wildman–Crippen MR) is 134 cm³/mol. The third-order valence-electron chi connectivity index (χ3n) is 6.16. The van der Waals surface area contributed by atoms with Crippen LogP contribution in [0.2, 0.25) is 0 Å². The zero-order valence-corrected chi connectivity index (χ0v) is 20.5. The fraction of sp³-hybridized carbons (Fsp3) is 0.286. The minimum atomic E-state index is -0.438. The first-order valence-electron chi connectivity index (χ1n) is 11.2. The number of aromatic hydroxyl groups is 1. The van der Waals surface area contributed by atoms with Crippen molar-refractivity contribution in [3.8, 4) is 34.5 Å². The van der Waals surface area contributed by atoms with Gasteiger partial charge in [0.25, 0.3) is 0 Å². The zero-order chi connectivity index (χ0) is 24.9. The van der Waals surface area contributed by atoms with Crippen LogP contribution in [0.4, 0.5) is 0 Å². The summed E-state index contributed by atoms with van der Waals surface area (Å²) in [4.78, 5) is 0. The molecule has 3 aromatic rings. The molecule has 184 valence electrons. The molecule has 0 saturated carbocycles. The Kier molecular flexibility index (Phi) is 7.36. The van der Waals surface area contributed by atoms with Gasteiger partial charge in [0.15, 0.2) is 17.6 Å². The molecule has 1 aliphatic rings. The third kappa shape index (κ3) is 4.86. The Labute approximate surface area is 205 Å². The van der Waals surface area contributed by atoms with E-state index in [4.69, 9.17) is 28.4 Å². The highest BCUT2D eigenvalue weighted by atomic mass is 16.5. The van der Waals surface area contributed by atoms with E-state index in [-0.39, 0.29) is 11.9 Å². The second-order valence-corrected chi connectivity index (χ2v) is 8.06. The van der Waals surface area contributed by atoms with Crippen LogP contribution in [0.3, 0.4) is 0 Å². The smallest absolute Gasteiger partial charge is 0.161 e. The third-order valence-corrected chi connectivity index (χ3v) is 6.16. The van der Waals surface area contributed by atoms with Gasteiger partial charge in [-0.1, -0.05) is 24.3 Å². The van der Waals surface area contributed by atoms with E-state index in [0.29, 0.717) is 35.0 Å². The molecule has 2 unspecified atom stereocenters. The van der Waals surface area contributed by atoms with Gasteiger partial charge in [0.05, 0.1) is 34.0 Å². The average molecular weight is 479 g/mol. The van der Waals surface area contributed by atoms with E-state index in [1.54, 1.807) is 41.6 Å². The van der Waals surface area contributed by atoms with Gasteiger partial charge in [-0.2, -0.15) is 0 Å². The molecule has 0 aromatic heterocycles. The number of ether oxygens (including phenoxy) is 6. The number of phenolic OH excluding ortho intramolecular Hbond substituents is 1. The van der Waals surface area contributed by atoms with Crippen LogP contribution in [0.1, 0.15) is 28.4 Å². The van der Waals surface area contributed by atoms with Crippen molar-refractivity contribution >= 4 is 12.2 Å². The first-order chi connectivity index (χ1) is 17.0. The zero-order valence-electron chi connectivity index (χ0n) is 20.5. The molecule has 1 N–H and O–H groups in total. The van der Waals surface area contributed by atoms with Crippen LogP contribution in [0.15, 0.2) is 48.5 Å². The van der Waals surface area contributed by atoms with Crippen molar-refractivity contribution in [1.29, 1.82) is 0 Å². The van der Waals surface area contributed by atoms with E-state index in [1.807, 2.05) is 54.6 Å². The summed E-state index contributed by atoms with van der Waals surface area (Å²) in [6.07, 6.45) is 3.58. The Balaban J connectivity index is 1.77. The number of fused-ring (bicyclic) bond motifs is 1. The summed E-state index contributed by atoms with van der Waals surface area (Å²) in [5.74, 6) is 3.17. The molecule has 0 aliphatic carbocycles. The molecular weight excluding hydrogens is 448 g/mol. The molecular formula is C28H30O7. The Morgan fingerprint density at radius 3 is 2.14 bits per heavy atom. The summed E-state index contributed by atoms with van der Waals surface area (Å²) in [6, 6.07) is 14.9. The van der Waals surface area contributed by atoms with Gasteiger partial charge in [-0.25, -0.2) is 0 Å². The second kappa shape index (κ2) is 10.6. The molecule has 7 nitrogen and oxygen atoms in total. The number of methoxy groups -OCH3 is 5.